The molecule has 2 nitrogen and oxygen atoms in total. The molecular formula is C14H26N2. The second-order valence-corrected chi connectivity index (χ2v) is 6.81. The van der Waals surface area contributed by atoms with Crippen molar-refractivity contribution < 1.29 is 0 Å². The van der Waals surface area contributed by atoms with Crippen LogP contribution in [0.25, 0.3) is 0 Å². The van der Waals surface area contributed by atoms with Gasteiger partial charge in [0.1, 0.15) is 0 Å². The summed E-state index contributed by atoms with van der Waals surface area (Å²) in [7, 11) is 0. The third-order valence-corrected chi connectivity index (χ3v) is 5.25. The maximum Gasteiger partial charge on any atom is 0.0187 e. The Morgan fingerprint density at radius 3 is 2.06 bits per heavy atom. The van der Waals surface area contributed by atoms with Gasteiger partial charge in [0.25, 0.3) is 0 Å². The number of hydrogen-bond donors (Lipinski definition) is 1. The van der Waals surface area contributed by atoms with Crippen LogP contribution >= 0.6 is 0 Å². The van der Waals surface area contributed by atoms with Crippen molar-refractivity contribution in [3.8, 4) is 0 Å². The van der Waals surface area contributed by atoms with Crippen molar-refractivity contribution in [3.05, 3.63) is 0 Å². The second-order valence-electron chi connectivity index (χ2n) is 6.81. The first-order valence-electron chi connectivity index (χ1n) is 7.13. The van der Waals surface area contributed by atoms with E-state index in [0.717, 1.165) is 18.0 Å². The van der Waals surface area contributed by atoms with Gasteiger partial charge in [-0.3, -0.25) is 4.90 Å². The molecule has 2 saturated heterocycles. The van der Waals surface area contributed by atoms with Gasteiger partial charge >= 0.3 is 0 Å². The summed E-state index contributed by atoms with van der Waals surface area (Å²) >= 11 is 0. The van der Waals surface area contributed by atoms with Gasteiger partial charge in [-0.2, -0.15) is 0 Å². The minimum absolute atomic E-state index is 0.440. The zero-order valence-electron chi connectivity index (χ0n) is 10.8. The third-order valence-electron chi connectivity index (χ3n) is 5.25. The molecule has 0 amide bonds. The Morgan fingerprint density at radius 1 is 1.00 bits per heavy atom. The fourth-order valence-electron chi connectivity index (χ4n) is 4.37. The Bertz CT molecular complexity index is 256. The number of hydrogen-bond acceptors (Lipinski definition) is 2. The molecule has 2 bridgehead atoms. The standard InChI is InChI=1S/C14H26N2/c1-14(2,10-6-7-10)16-12-4-3-5-13(16)9-11(15)8-12/h10-13H,3-9,15H2,1-2H3. The molecular weight excluding hydrogens is 196 g/mol. The topological polar surface area (TPSA) is 29.3 Å². The van der Waals surface area contributed by atoms with Crippen molar-refractivity contribution in [2.24, 2.45) is 11.7 Å². The lowest BCUT2D eigenvalue weighted by Crippen LogP contribution is -2.63. The molecule has 0 aromatic carbocycles. The summed E-state index contributed by atoms with van der Waals surface area (Å²) in [6.07, 6.45) is 9.60. The summed E-state index contributed by atoms with van der Waals surface area (Å²) in [6.45, 7) is 4.96. The number of rotatable bonds is 2. The molecule has 2 heteroatoms. The summed E-state index contributed by atoms with van der Waals surface area (Å²) < 4.78 is 0. The van der Waals surface area contributed by atoms with Gasteiger partial charge < -0.3 is 5.73 Å². The van der Waals surface area contributed by atoms with Crippen LogP contribution in [0.2, 0.25) is 0 Å². The summed E-state index contributed by atoms with van der Waals surface area (Å²) in [6, 6.07) is 2.05. The lowest BCUT2D eigenvalue weighted by molar-refractivity contribution is -0.0536. The Labute approximate surface area is 99.6 Å². The predicted octanol–water partition coefficient (Wildman–Crippen LogP) is 2.52. The fourth-order valence-corrected chi connectivity index (χ4v) is 4.37. The van der Waals surface area contributed by atoms with E-state index in [4.69, 9.17) is 5.73 Å². The van der Waals surface area contributed by atoms with Crippen molar-refractivity contribution in [1.82, 2.24) is 4.90 Å². The Balaban J connectivity index is 1.83. The Kier molecular flexibility index (Phi) is 2.56. The molecule has 0 spiro atoms. The monoisotopic (exact) mass is 222 g/mol. The molecule has 3 aliphatic rings. The SMILES string of the molecule is CC(C)(C1CC1)N1C2CCCC1CC(N)C2. The molecule has 2 aliphatic heterocycles. The van der Waals surface area contributed by atoms with E-state index in [1.54, 1.807) is 0 Å². The van der Waals surface area contributed by atoms with Crippen LogP contribution in [-0.4, -0.2) is 28.6 Å². The van der Waals surface area contributed by atoms with E-state index < -0.39 is 0 Å². The zero-order chi connectivity index (χ0) is 11.3. The molecule has 1 saturated carbocycles. The van der Waals surface area contributed by atoms with Gasteiger partial charge in [-0.1, -0.05) is 6.42 Å². The van der Waals surface area contributed by atoms with Gasteiger partial charge in [0.2, 0.25) is 0 Å². The molecule has 92 valence electrons. The van der Waals surface area contributed by atoms with Gasteiger partial charge in [0, 0.05) is 23.7 Å². The smallest absolute Gasteiger partial charge is 0.0187 e. The van der Waals surface area contributed by atoms with E-state index in [1.807, 2.05) is 0 Å². The highest BCUT2D eigenvalue weighted by Gasteiger charge is 2.49. The number of nitrogens with zero attached hydrogens (tertiary/aromatic N) is 1. The minimum Gasteiger partial charge on any atom is -0.328 e. The Morgan fingerprint density at radius 2 is 1.56 bits per heavy atom. The van der Waals surface area contributed by atoms with Gasteiger partial charge in [-0.15, -0.1) is 0 Å². The van der Waals surface area contributed by atoms with Crippen LogP contribution in [-0.2, 0) is 0 Å². The van der Waals surface area contributed by atoms with Gasteiger partial charge in [-0.25, -0.2) is 0 Å². The van der Waals surface area contributed by atoms with E-state index in [2.05, 4.69) is 18.7 Å². The van der Waals surface area contributed by atoms with Crippen molar-refractivity contribution in [2.45, 2.75) is 82.5 Å². The maximum atomic E-state index is 6.20. The molecule has 2 atom stereocenters. The van der Waals surface area contributed by atoms with Crippen molar-refractivity contribution in [3.63, 3.8) is 0 Å². The van der Waals surface area contributed by atoms with Crippen LogP contribution in [0.15, 0.2) is 0 Å². The summed E-state index contributed by atoms with van der Waals surface area (Å²) in [4.78, 5) is 2.87. The minimum atomic E-state index is 0.440. The van der Waals surface area contributed by atoms with Crippen molar-refractivity contribution in [1.29, 1.82) is 0 Å². The average Bonchev–Trinajstić information content (AvgIpc) is 2.98. The molecule has 0 radical (unpaired) electrons. The highest BCUT2D eigenvalue weighted by molar-refractivity contribution is 5.05. The largest absolute Gasteiger partial charge is 0.328 e. The van der Waals surface area contributed by atoms with Crippen LogP contribution in [0, 0.1) is 5.92 Å². The quantitative estimate of drug-likeness (QED) is 0.778. The summed E-state index contributed by atoms with van der Waals surface area (Å²) in [5.74, 6) is 0.963. The van der Waals surface area contributed by atoms with E-state index >= 15 is 0 Å². The molecule has 2 unspecified atom stereocenters. The highest BCUT2D eigenvalue weighted by Crippen LogP contribution is 2.48. The van der Waals surface area contributed by atoms with E-state index in [0.29, 0.717) is 11.6 Å². The summed E-state index contributed by atoms with van der Waals surface area (Å²) in [5.41, 5.74) is 6.64. The molecule has 0 aromatic heterocycles. The maximum absolute atomic E-state index is 6.20. The van der Waals surface area contributed by atoms with E-state index in [-0.39, 0.29) is 0 Å². The molecule has 2 N–H and O–H groups in total. The van der Waals surface area contributed by atoms with Gasteiger partial charge in [-0.05, 0) is 58.3 Å². The lowest BCUT2D eigenvalue weighted by atomic mass is 9.77. The third kappa shape index (κ3) is 1.70. The van der Waals surface area contributed by atoms with Crippen molar-refractivity contribution >= 4 is 0 Å². The van der Waals surface area contributed by atoms with Crippen LogP contribution in [0.4, 0.5) is 0 Å². The Hall–Kier alpha value is -0.0800. The zero-order valence-corrected chi connectivity index (χ0v) is 10.8. The highest BCUT2D eigenvalue weighted by atomic mass is 15.3. The first-order valence-corrected chi connectivity index (χ1v) is 7.13. The first kappa shape index (κ1) is 11.0. The molecule has 3 rings (SSSR count). The number of nitrogens with two attached hydrogens (primary N) is 1. The molecule has 16 heavy (non-hydrogen) atoms. The van der Waals surface area contributed by atoms with E-state index in [1.165, 1.54) is 44.9 Å². The molecule has 1 aliphatic carbocycles. The van der Waals surface area contributed by atoms with Crippen LogP contribution in [0.5, 0.6) is 0 Å². The van der Waals surface area contributed by atoms with Gasteiger partial charge in [0.05, 0.1) is 0 Å². The second kappa shape index (κ2) is 3.71. The van der Waals surface area contributed by atoms with Gasteiger partial charge in [0.15, 0.2) is 0 Å². The first-order chi connectivity index (χ1) is 7.59. The van der Waals surface area contributed by atoms with Crippen molar-refractivity contribution in [2.75, 3.05) is 0 Å². The normalized spacial score (nSPS) is 41.1. The predicted molar refractivity (Wildman–Crippen MR) is 67.3 cm³/mol. The lowest BCUT2D eigenvalue weighted by Gasteiger charge is -2.55. The molecule has 2 heterocycles. The molecule has 0 aromatic rings. The average molecular weight is 222 g/mol. The summed E-state index contributed by atoms with van der Waals surface area (Å²) in [5, 5.41) is 0. The van der Waals surface area contributed by atoms with Crippen LogP contribution in [0.3, 0.4) is 0 Å². The van der Waals surface area contributed by atoms with E-state index in [9.17, 15) is 0 Å². The number of fused-ring (bicyclic) bond motifs is 2. The number of piperidine rings is 2. The molecule has 3 fully saturated rings. The fraction of sp³-hybridized carbons (Fsp3) is 1.00. The van der Waals surface area contributed by atoms with Crippen LogP contribution in [0.1, 0.15) is 58.8 Å². The van der Waals surface area contributed by atoms with Crippen LogP contribution < -0.4 is 5.73 Å².